The molecular weight excluding hydrogens is 249 g/mol. The fraction of sp³-hybridized carbons (Fsp3) is 0.364. The number of carbonyl (C=O) groups is 1. The van der Waals surface area contributed by atoms with E-state index in [-0.39, 0.29) is 12.4 Å². The molecule has 16 heavy (non-hydrogen) atoms. The molecule has 0 amide bonds. The van der Waals surface area contributed by atoms with Gasteiger partial charge in [-0.2, -0.15) is 0 Å². The highest BCUT2D eigenvalue weighted by atomic mass is 35.5. The van der Waals surface area contributed by atoms with Crippen LogP contribution in [0.2, 0.25) is 10.0 Å². The van der Waals surface area contributed by atoms with E-state index in [2.05, 4.69) is 4.74 Å². The number of hydrogen-bond acceptors (Lipinski definition) is 3. The maximum atomic E-state index is 11.2. The first-order valence-electron chi connectivity index (χ1n) is 4.68. The van der Waals surface area contributed by atoms with Crippen molar-refractivity contribution in [1.82, 2.24) is 0 Å². The maximum absolute atomic E-state index is 11.2. The van der Waals surface area contributed by atoms with E-state index in [4.69, 9.17) is 28.9 Å². The Bertz CT molecular complexity index is 405. The molecule has 1 unspecified atom stereocenters. The molecule has 1 aromatic carbocycles. The smallest absolute Gasteiger partial charge is 0.307 e. The fourth-order valence-corrected chi connectivity index (χ4v) is 1.91. The summed E-state index contributed by atoms with van der Waals surface area (Å²) in [6.07, 6.45) is 0.0452. The third-order valence-electron chi connectivity index (χ3n) is 2.28. The van der Waals surface area contributed by atoms with Crippen LogP contribution in [0.3, 0.4) is 0 Å². The molecule has 1 aromatic rings. The first-order chi connectivity index (χ1) is 7.36. The van der Waals surface area contributed by atoms with Crippen LogP contribution in [0.25, 0.3) is 0 Å². The molecule has 0 aliphatic rings. The summed E-state index contributed by atoms with van der Waals surface area (Å²) < 4.78 is 4.58. The van der Waals surface area contributed by atoms with Gasteiger partial charge in [0.1, 0.15) is 0 Å². The van der Waals surface area contributed by atoms with Crippen molar-refractivity contribution in [3.05, 3.63) is 33.8 Å². The van der Waals surface area contributed by atoms with Gasteiger partial charge >= 0.3 is 5.97 Å². The summed E-state index contributed by atoms with van der Waals surface area (Å²) in [6, 6.07) is 4.98. The van der Waals surface area contributed by atoms with E-state index in [0.717, 1.165) is 0 Å². The quantitative estimate of drug-likeness (QED) is 0.852. The van der Waals surface area contributed by atoms with Crippen LogP contribution < -0.4 is 5.73 Å². The molecule has 88 valence electrons. The van der Waals surface area contributed by atoms with Gasteiger partial charge in [0.15, 0.2) is 0 Å². The second-order valence-corrected chi connectivity index (χ2v) is 4.64. The van der Waals surface area contributed by atoms with Crippen LogP contribution in [0.15, 0.2) is 18.2 Å². The highest BCUT2D eigenvalue weighted by Gasteiger charge is 2.27. The molecular formula is C11H13Cl2NO2. The lowest BCUT2D eigenvalue weighted by Gasteiger charge is -2.25. The average molecular weight is 262 g/mol. The van der Waals surface area contributed by atoms with Crippen molar-refractivity contribution in [2.75, 3.05) is 7.11 Å². The van der Waals surface area contributed by atoms with Crippen molar-refractivity contribution < 1.29 is 9.53 Å². The molecule has 0 aliphatic heterocycles. The third-order valence-corrected chi connectivity index (χ3v) is 2.85. The van der Waals surface area contributed by atoms with Crippen LogP contribution >= 0.6 is 23.2 Å². The summed E-state index contributed by atoms with van der Waals surface area (Å²) in [5, 5.41) is 1.01. The van der Waals surface area contributed by atoms with Gasteiger partial charge in [-0.3, -0.25) is 4.79 Å². The molecule has 0 aliphatic carbocycles. The average Bonchev–Trinajstić information content (AvgIpc) is 2.20. The van der Waals surface area contributed by atoms with Gasteiger partial charge in [0, 0.05) is 10.0 Å². The standard InChI is InChI=1S/C11H13Cl2NO2/c1-11(14,6-10(15)16-2)8-5-7(12)3-4-9(8)13/h3-5H,6,14H2,1-2H3. The highest BCUT2D eigenvalue weighted by Crippen LogP contribution is 2.31. The molecule has 0 heterocycles. The summed E-state index contributed by atoms with van der Waals surface area (Å²) in [6.45, 7) is 1.71. The minimum absolute atomic E-state index is 0.0452. The predicted molar refractivity (Wildman–Crippen MR) is 64.6 cm³/mol. The Kier molecular flexibility index (Phi) is 4.19. The number of benzene rings is 1. The Morgan fingerprint density at radius 2 is 2.12 bits per heavy atom. The van der Waals surface area contributed by atoms with Crippen LogP contribution in [0.1, 0.15) is 18.9 Å². The van der Waals surface area contributed by atoms with Gasteiger partial charge in [0.2, 0.25) is 0 Å². The molecule has 3 nitrogen and oxygen atoms in total. The second kappa shape index (κ2) is 5.04. The second-order valence-electron chi connectivity index (χ2n) is 3.79. The van der Waals surface area contributed by atoms with Gasteiger partial charge in [-0.05, 0) is 30.7 Å². The summed E-state index contributed by atoms with van der Waals surface area (Å²) in [4.78, 5) is 11.2. The molecule has 2 N–H and O–H groups in total. The Hall–Kier alpha value is -0.770. The Morgan fingerprint density at radius 1 is 1.50 bits per heavy atom. The lowest BCUT2D eigenvalue weighted by atomic mass is 9.90. The monoisotopic (exact) mass is 261 g/mol. The van der Waals surface area contributed by atoms with Crippen molar-refractivity contribution in [1.29, 1.82) is 0 Å². The number of halogens is 2. The van der Waals surface area contributed by atoms with E-state index in [1.165, 1.54) is 7.11 Å². The molecule has 1 atom stereocenters. The van der Waals surface area contributed by atoms with Crippen molar-refractivity contribution in [2.24, 2.45) is 5.73 Å². The summed E-state index contributed by atoms with van der Waals surface area (Å²) in [7, 11) is 1.32. The number of hydrogen-bond donors (Lipinski definition) is 1. The predicted octanol–water partition coefficient (Wildman–Crippen LogP) is 2.73. The van der Waals surface area contributed by atoms with Gasteiger partial charge < -0.3 is 10.5 Å². The first-order valence-corrected chi connectivity index (χ1v) is 5.43. The number of nitrogens with two attached hydrogens (primary N) is 1. The number of carbonyl (C=O) groups excluding carboxylic acids is 1. The SMILES string of the molecule is COC(=O)CC(C)(N)c1cc(Cl)ccc1Cl. The topological polar surface area (TPSA) is 52.3 Å². The van der Waals surface area contributed by atoms with E-state index in [1.807, 2.05) is 0 Å². The van der Waals surface area contributed by atoms with Crippen LogP contribution in [-0.2, 0) is 15.1 Å². The lowest BCUT2D eigenvalue weighted by Crippen LogP contribution is -2.36. The van der Waals surface area contributed by atoms with Crippen molar-refractivity contribution in [2.45, 2.75) is 18.9 Å². The van der Waals surface area contributed by atoms with Gasteiger partial charge in [-0.1, -0.05) is 23.2 Å². The van der Waals surface area contributed by atoms with Crippen molar-refractivity contribution >= 4 is 29.2 Å². The van der Waals surface area contributed by atoms with Crippen molar-refractivity contribution in [3.8, 4) is 0 Å². The number of esters is 1. The zero-order valence-electron chi connectivity index (χ0n) is 9.09. The molecule has 0 saturated heterocycles. The molecule has 0 aromatic heterocycles. The highest BCUT2D eigenvalue weighted by molar-refractivity contribution is 6.33. The van der Waals surface area contributed by atoms with E-state index < -0.39 is 5.54 Å². The van der Waals surface area contributed by atoms with Gasteiger partial charge in [0.25, 0.3) is 0 Å². The normalized spacial score (nSPS) is 14.3. The van der Waals surface area contributed by atoms with Gasteiger partial charge in [-0.25, -0.2) is 0 Å². The zero-order chi connectivity index (χ0) is 12.3. The van der Waals surface area contributed by atoms with Crippen LogP contribution in [-0.4, -0.2) is 13.1 Å². The number of ether oxygens (including phenoxy) is 1. The number of methoxy groups -OCH3 is 1. The van der Waals surface area contributed by atoms with Gasteiger partial charge in [-0.15, -0.1) is 0 Å². The van der Waals surface area contributed by atoms with E-state index >= 15 is 0 Å². The Labute approximate surface area is 104 Å². The fourth-order valence-electron chi connectivity index (χ4n) is 1.40. The van der Waals surface area contributed by atoms with E-state index in [9.17, 15) is 4.79 Å². The first kappa shape index (κ1) is 13.3. The molecule has 0 saturated carbocycles. The Morgan fingerprint density at radius 3 is 2.69 bits per heavy atom. The summed E-state index contributed by atoms with van der Waals surface area (Å²) >= 11 is 11.9. The van der Waals surface area contributed by atoms with E-state index in [0.29, 0.717) is 15.6 Å². The zero-order valence-corrected chi connectivity index (χ0v) is 10.6. The summed E-state index contributed by atoms with van der Waals surface area (Å²) in [5.74, 6) is -0.388. The maximum Gasteiger partial charge on any atom is 0.307 e. The minimum Gasteiger partial charge on any atom is -0.469 e. The molecule has 0 bridgehead atoms. The minimum atomic E-state index is -0.894. The van der Waals surface area contributed by atoms with Gasteiger partial charge in [0.05, 0.1) is 19.1 Å². The molecule has 0 spiro atoms. The van der Waals surface area contributed by atoms with Crippen LogP contribution in [0.4, 0.5) is 0 Å². The van der Waals surface area contributed by atoms with Crippen LogP contribution in [0, 0.1) is 0 Å². The van der Waals surface area contributed by atoms with Crippen LogP contribution in [0.5, 0.6) is 0 Å². The van der Waals surface area contributed by atoms with E-state index in [1.54, 1.807) is 25.1 Å². The van der Waals surface area contributed by atoms with Crippen molar-refractivity contribution in [3.63, 3.8) is 0 Å². The molecule has 5 heteroatoms. The molecule has 1 rings (SSSR count). The third kappa shape index (κ3) is 3.11. The molecule has 0 radical (unpaired) electrons. The largest absolute Gasteiger partial charge is 0.469 e. The molecule has 0 fully saturated rings. The summed E-state index contributed by atoms with van der Waals surface area (Å²) in [5.41, 5.74) is 5.78. The number of rotatable bonds is 3. The Balaban J connectivity index is 3.05. The lowest BCUT2D eigenvalue weighted by molar-refractivity contribution is -0.141.